The summed E-state index contributed by atoms with van der Waals surface area (Å²) in [6.07, 6.45) is -10.00. The van der Waals surface area contributed by atoms with E-state index in [0.717, 1.165) is 12.1 Å². The molecule has 1 aromatic carbocycles. The fourth-order valence-electron chi connectivity index (χ4n) is 4.55. The van der Waals surface area contributed by atoms with Crippen LogP contribution in [-0.4, -0.2) is 69.4 Å². The number of aromatic nitrogens is 3. The minimum atomic E-state index is -4.82. The highest BCUT2D eigenvalue weighted by Gasteiger charge is 2.39. The van der Waals surface area contributed by atoms with Crippen LogP contribution in [0.1, 0.15) is 61.6 Å². The molecule has 0 saturated carbocycles. The van der Waals surface area contributed by atoms with Gasteiger partial charge in [-0.15, -0.1) is 18.3 Å². The summed E-state index contributed by atoms with van der Waals surface area (Å²) in [6, 6.07) is 3.27. The minimum Gasteiger partial charge on any atom is -0.447 e. The van der Waals surface area contributed by atoms with Gasteiger partial charge >= 0.3 is 24.7 Å². The predicted molar refractivity (Wildman–Crippen MR) is 136 cm³/mol. The van der Waals surface area contributed by atoms with E-state index in [1.165, 1.54) is 28.6 Å². The van der Waals surface area contributed by atoms with E-state index in [1.807, 2.05) is 0 Å². The zero-order valence-corrected chi connectivity index (χ0v) is 23.5. The first kappa shape index (κ1) is 31.9. The Kier molecular flexibility index (Phi) is 8.85. The van der Waals surface area contributed by atoms with E-state index in [2.05, 4.69) is 20.3 Å². The number of nitrogens with zero attached hydrogens (tertiary/aromatic N) is 4. The van der Waals surface area contributed by atoms with Crippen molar-refractivity contribution in [3.63, 3.8) is 0 Å². The molecule has 4 rings (SSSR count). The molecule has 2 aromatic heterocycles. The molecule has 0 aliphatic carbocycles. The van der Waals surface area contributed by atoms with Crippen LogP contribution in [0.25, 0.3) is 10.9 Å². The van der Waals surface area contributed by atoms with E-state index in [0.29, 0.717) is 11.8 Å². The fourth-order valence-corrected chi connectivity index (χ4v) is 4.55. The number of hydrogen-bond acceptors (Lipinski definition) is 8. The van der Waals surface area contributed by atoms with Crippen molar-refractivity contribution in [1.82, 2.24) is 25.0 Å². The lowest BCUT2D eigenvalue weighted by molar-refractivity contribution is -0.325. The zero-order chi connectivity index (χ0) is 31.7. The summed E-state index contributed by atoms with van der Waals surface area (Å²) in [7, 11) is 1.48. The van der Waals surface area contributed by atoms with Crippen LogP contribution in [0.3, 0.4) is 0 Å². The van der Waals surface area contributed by atoms with Crippen LogP contribution < -0.4 is 10.1 Å². The highest BCUT2D eigenvalue weighted by Crippen LogP contribution is 2.34. The lowest BCUT2D eigenvalue weighted by Gasteiger charge is -2.38. The van der Waals surface area contributed by atoms with Gasteiger partial charge in [0, 0.05) is 30.5 Å². The zero-order valence-electron chi connectivity index (χ0n) is 23.5. The van der Waals surface area contributed by atoms with Gasteiger partial charge in [0.05, 0.1) is 12.2 Å². The Hall–Kier alpha value is -4.02. The number of rotatable bonds is 7. The third-order valence-corrected chi connectivity index (χ3v) is 6.43. The molecule has 17 heteroatoms. The molecule has 1 N–H and O–H groups in total. The first-order valence-corrected chi connectivity index (χ1v) is 13.1. The number of aryl methyl sites for hydroxylation is 1. The molecule has 3 aromatic rings. The van der Waals surface area contributed by atoms with E-state index in [9.17, 15) is 35.9 Å². The average molecular weight is 622 g/mol. The van der Waals surface area contributed by atoms with E-state index in [-0.39, 0.29) is 30.1 Å². The van der Waals surface area contributed by atoms with Gasteiger partial charge in [-0.2, -0.15) is 13.2 Å². The second kappa shape index (κ2) is 11.9. The maximum absolute atomic E-state index is 13.2. The summed E-state index contributed by atoms with van der Waals surface area (Å²) in [6.45, 7) is 3.60. The molecular weight excluding hydrogens is 592 g/mol. The van der Waals surface area contributed by atoms with Crippen molar-refractivity contribution in [2.45, 2.75) is 63.8 Å². The smallest absolute Gasteiger partial charge is 0.447 e. The van der Waals surface area contributed by atoms with Crippen molar-refractivity contribution in [2.24, 2.45) is 7.05 Å². The van der Waals surface area contributed by atoms with Gasteiger partial charge in [0.2, 0.25) is 5.89 Å². The Morgan fingerprint density at radius 3 is 2.42 bits per heavy atom. The Morgan fingerprint density at radius 1 is 1.05 bits per heavy atom. The number of halogens is 6. The third-order valence-electron chi connectivity index (χ3n) is 6.43. The molecule has 11 nitrogen and oxygen atoms in total. The number of ether oxygens (including phenoxy) is 3. The van der Waals surface area contributed by atoms with Crippen LogP contribution >= 0.6 is 0 Å². The maximum Gasteiger partial charge on any atom is 0.522 e. The number of piperidine rings is 1. The number of carbonyl (C=O) groups excluding carboxylic acids is 2. The summed E-state index contributed by atoms with van der Waals surface area (Å²) < 4.78 is 97.0. The lowest BCUT2D eigenvalue weighted by atomic mass is 9.98. The quantitative estimate of drug-likeness (QED) is 0.276. The van der Waals surface area contributed by atoms with E-state index in [1.54, 1.807) is 20.8 Å². The van der Waals surface area contributed by atoms with Crippen LogP contribution in [0.15, 0.2) is 28.7 Å². The van der Waals surface area contributed by atoms with Gasteiger partial charge in [0.25, 0.3) is 5.91 Å². The first-order valence-electron chi connectivity index (χ1n) is 13.1. The van der Waals surface area contributed by atoms with Crippen LogP contribution in [0.2, 0.25) is 0 Å². The van der Waals surface area contributed by atoms with Crippen molar-refractivity contribution in [3.8, 4) is 6.08 Å². The summed E-state index contributed by atoms with van der Waals surface area (Å²) in [5.74, 6) is -0.620. The number of alkyl halides is 6. The summed E-state index contributed by atoms with van der Waals surface area (Å²) in [5, 5.41) is 10.8. The second-order valence-electron chi connectivity index (χ2n) is 10.8. The average Bonchev–Trinajstić information content (AvgIpc) is 3.49. The Morgan fingerprint density at radius 2 is 1.77 bits per heavy atom. The SMILES string of the molecule is Cn1c(C(=O)N[C@H]2CC[C@H](c3nnc(OCCOC(F)(F)F)o3)N(C(=O)OC(C)(C)C)C2)cc2ccc(C(F)(F)F)cc21. The van der Waals surface area contributed by atoms with Crippen molar-refractivity contribution in [3.05, 3.63) is 41.4 Å². The topological polar surface area (TPSA) is 121 Å². The lowest BCUT2D eigenvalue weighted by Crippen LogP contribution is -2.52. The van der Waals surface area contributed by atoms with Crippen molar-refractivity contribution in [2.75, 3.05) is 19.8 Å². The number of hydrogen-bond donors (Lipinski definition) is 1. The van der Waals surface area contributed by atoms with Gasteiger partial charge in [-0.25, -0.2) is 4.79 Å². The number of likely N-dealkylation sites (tertiary alicyclic amines) is 1. The van der Waals surface area contributed by atoms with Gasteiger partial charge in [-0.05, 0) is 51.8 Å². The first-order chi connectivity index (χ1) is 19.9. The Labute approximate surface area is 241 Å². The molecule has 2 atom stereocenters. The minimum absolute atomic E-state index is 0.0501. The number of fused-ring (bicyclic) bond motifs is 1. The van der Waals surface area contributed by atoms with Crippen LogP contribution in [0.4, 0.5) is 31.1 Å². The molecule has 1 fully saturated rings. The van der Waals surface area contributed by atoms with Gasteiger partial charge in [0.1, 0.15) is 23.9 Å². The molecule has 236 valence electrons. The van der Waals surface area contributed by atoms with E-state index in [4.69, 9.17) is 13.9 Å². The van der Waals surface area contributed by atoms with Gasteiger partial charge < -0.3 is 23.8 Å². The van der Waals surface area contributed by atoms with E-state index >= 15 is 0 Å². The Balaban J connectivity index is 1.48. The Bertz CT molecular complexity index is 1460. The monoisotopic (exact) mass is 621 g/mol. The molecule has 0 bridgehead atoms. The molecule has 2 amide bonds. The van der Waals surface area contributed by atoms with Crippen molar-refractivity contribution in [1.29, 1.82) is 0 Å². The number of amides is 2. The van der Waals surface area contributed by atoms with Gasteiger partial charge in [-0.1, -0.05) is 11.2 Å². The molecule has 1 aliphatic rings. The molecule has 1 aliphatic heterocycles. The fraction of sp³-hybridized carbons (Fsp3) is 0.538. The predicted octanol–water partition coefficient (Wildman–Crippen LogP) is 5.37. The molecule has 0 spiro atoms. The highest BCUT2D eigenvalue weighted by molar-refractivity contribution is 5.99. The largest absolute Gasteiger partial charge is 0.522 e. The standard InChI is InChI=1S/C26H29F6N5O6/c1-24(2,3)43-23(39)37-13-16(7-8-17(37)21-34-35-22(42-21)40-9-10-41-26(30,31)32)33-20(38)19-11-14-5-6-15(25(27,28)29)12-18(14)36(19)4/h5-6,11-12,16-17H,7-10,13H2,1-4H3,(H,33,38)/t16-,17+/m0/s1. The third kappa shape index (κ3) is 8.09. The van der Waals surface area contributed by atoms with Crippen LogP contribution in [0.5, 0.6) is 6.08 Å². The molecule has 0 unspecified atom stereocenters. The second-order valence-corrected chi connectivity index (χ2v) is 10.8. The number of nitrogens with one attached hydrogen (secondary N) is 1. The summed E-state index contributed by atoms with van der Waals surface area (Å²) in [5.41, 5.74) is -1.38. The highest BCUT2D eigenvalue weighted by atomic mass is 19.4. The van der Waals surface area contributed by atoms with E-state index < -0.39 is 67.1 Å². The van der Waals surface area contributed by atoms with Crippen molar-refractivity contribution >= 4 is 22.9 Å². The molecule has 3 heterocycles. The molecule has 43 heavy (non-hydrogen) atoms. The number of benzene rings is 1. The summed E-state index contributed by atoms with van der Waals surface area (Å²) in [4.78, 5) is 27.6. The van der Waals surface area contributed by atoms with Gasteiger partial charge in [-0.3, -0.25) is 14.4 Å². The molecular formula is C26H29F6N5O6. The normalized spacial score (nSPS) is 18.1. The maximum atomic E-state index is 13.2. The van der Waals surface area contributed by atoms with Crippen LogP contribution in [-0.2, 0) is 22.7 Å². The van der Waals surface area contributed by atoms with Gasteiger partial charge in [0.15, 0.2) is 0 Å². The molecule has 1 saturated heterocycles. The van der Waals surface area contributed by atoms with Crippen molar-refractivity contribution < 1.29 is 54.6 Å². The number of carbonyl (C=O) groups is 2. The van der Waals surface area contributed by atoms with Crippen LogP contribution in [0, 0.1) is 0 Å². The summed E-state index contributed by atoms with van der Waals surface area (Å²) >= 11 is 0. The molecule has 0 radical (unpaired) electrons.